The Hall–Kier alpha value is -1.83. The number of ether oxygens (including phenoxy) is 3. The maximum Gasteiger partial charge on any atom is 0.229 e. The van der Waals surface area contributed by atoms with Crippen LogP contribution in [0, 0.1) is 35.5 Å². The van der Waals surface area contributed by atoms with Crippen LogP contribution in [0.15, 0.2) is 0 Å². The van der Waals surface area contributed by atoms with Crippen molar-refractivity contribution in [3.63, 3.8) is 0 Å². The van der Waals surface area contributed by atoms with Gasteiger partial charge in [-0.1, -0.05) is 19.3 Å². The molecular formula is C41H59N3O9. The van der Waals surface area contributed by atoms with Gasteiger partial charge in [-0.2, -0.15) is 0 Å². The minimum atomic E-state index is -0.489. The topological polar surface area (TPSA) is 149 Å². The minimum absolute atomic E-state index is 0.00243. The van der Waals surface area contributed by atoms with Crippen LogP contribution in [0.2, 0.25) is 0 Å². The Balaban J connectivity index is 0.0000000953. The van der Waals surface area contributed by atoms with Crippen LogP contribution in [-0.4, -0.2) is 138 Å². The molecule has 5 aliphatic carbocycles. The van der Waals surface area contributed by atoms with Crippen molar-refractivity contribution in [3.05, 3.63) is 0 Å². The first kappa shape index (κ1) is 34.4. The van der Waals surface area contributed by atoms with E-state index >= 15 is 0 Å². The second-order valence-electron chi connectivity index (χ2n) is 20.7. The molecule has 15 atom stereocenters. The molecule has 0 radical (unpaired) electrons. The maximum atomic E-state index is 13.0. The lowest BCUT2D eigenvalue weighted by molar-refractivity contribution is -0.153. The van der Waals surface area contributed by atoms with Crippen LogP contribution < -0.4 is 0 Å². The van der Waals surface area contributed by atoms with Crippen LogP contribution in [0.3, 0.4) is 0 Å². The second-order valence-corrected chi connectivity index (χ2v) is 20.7. The van der Waals surface area contributed by atoms with E-state index in [2.05, 4.69) is 4.90 Å². The molecular weight excluding hydrogens is 678 g/mol. The van der Waals surface area contributed by atoms with Gasteiger partial charge in [0.2, 0.25) is 17.7 Å². The monoisotopic (exact) mass is 737 g/mol. The zero-order valence-electron chi connectivity index (χ0n) is 31.5. The third-order valence-corrected chi connectivity index (χ3v) is 16.7. The number of hydrogen-bond donors (Lipinski definition) is 3. The summed E-state index contributed by atoms with van der Waals surface area (Å²) in [6.07, 6.45) is 14.2. The average Bonchev–Trinajstić information content (AvgIpc) is 3.97. The molecule has 14 rings (SSSR count). The van der Waals surface area contributed by atoms with E-state index in [4.69, 9.17) is 14.2 Å². The lowest BCUT2D eigenvalue weighted by Gasteiger charge is -2.60. The molecule has 0 aromatic rings. The molecule has 53 heavy (non-hydrogen) atoms. The van der Waals surface area contributed by atoms with Gasteiger partial charge < -0.3 is 44.2 Å². The van der Waals surface area contributed by atoms with Gasteiger partial charge in [-0.25, -0.2) is 0 Å². The number of carbonyl (C=O) groups is 3. The number of hydrogen-bond acceptors (Lipinski definition) is 9. The molecule has 292 valence electrons. The van der Waals surface area contributed by atoms with Crippen LogP contribution in [0.1, 0.15) is 111 Å². The van der Waals surface area contributed by atoms with E-state index in [0.29, 0.717) is 18.4 Å². The predicted octanol–water partition coefficient (Wildman–Crippen LogP) is 2.14. The summed E-state index contributed by atoms with van der Waals surface area (Å²) in [5.41, 5.74) is -0.147. The number of carbonyl (C=O) groups excluding carboxylic acids is 3. The zero-order chi connectivity index (χ0) is 36.5. The van der Waals surface area contributed by atoms with E-state index in [1.165, 1.54) is 57.8 Å². The summed E-state index contributed by atoms with van der Waals surface area (Å²) >= 11 is 0. The Kier molecular flexibility index (Phi) is 7.55. The first-order chi connectivity index (χ1) is 25.3. The van der Waals surface area contributed by atoms with Gasteiger partial charge in [0.25, 0.3) is 0 Å². The van der Waals surface area contributed by atoms with Gasteiger partial charge >= 0.3 is 0 Å². The van der Waals surface area contributed by atoms with Crippen LogP contribution in [0.5, 0.6) is 0 Å². The van der Waals surface area contributed by atoms with E-state index in [1.54, 1.807) is 0 Å². The Morgan fingerprint density at radius 3 is 1.57 bits per heavy atom. The highest BCUT2D eigenvalue weighted by molar-refractivity contribution is 5.86. The van der Waals surface area contributed by atoms with E-state index < -0.39 is 18.3 Å². The van der Waals surface area contributed by atoms with Crippen LogP contribution in [0.4, 0.5) is 0 Å². The van der Waals surface area contributed by atoms with Crippen molar-refractivity contribution in [2.75, 3.05) is 0 Å². The molecule has 14 aliphatic rings. The number of aliphatic hydroxyl groups excluding tert-OH is 3. The Labute approximate surface area is 312 Å². The molecule has 5 saturated carbocycles. The third kappa shape index (κ3) is 4.71. The highest BCUT2D eigenvalue weighted by atomic mass is 16.5. The van der Waals surface area contributed by atoms with Crippen LogP contribution in [0.25, 0.3) is 0 Å². The SMILES string of the molecule is CC(C)(C)N1C(=O)C2CC3OC2C1C3O.O=C1C2CC3OC2C(C3O)N1C12CC3CC(CC(C3)C1)C2.O=C1C2CC3OC2C(C3O)N1C1CCCCC1. The number of rotatable bonds is 2. The summed E-state index contributed by atoms with van der Waals surface area (Å²) in [5.74, 6) is 3.33. The molecule has 0 aromatic carbocycles. The van der Waals surface area contributed by atoms with Crippen molar-refractivity contribution < 1.29 is 43.9 Å². The lowest BCUT2D eigenvalue weighted by Crippen LogP contribution is -2.64. The summed E-state index contributed by atoms with van der Waals surface area (Å²) in [4.78, 5) is 43.6. The van der Waals surface area contributed by atoms with Crippen LogP contribution >= 0.6 is 0 Å². The predicted molar refractivity (Wildman–Crippen MR) is 188 cm³/mol. The fraction of sp³-hybridized carbons (Fsp3) is 0.927. The second kappa shape index (κ2) is 11.6. The molecule has 10 bridgehead atoms. The van der Waals surface area contributed by atoms with Gasteiger partial charge in [-0.3, -0.25) is 14.4 Å². The first-order valence-corrected chi connectivity index (χ1v) is 21.3. The fourth-order valence-electron chi connectivity index (χ4n) is 15.2. The number of likely N-dealkylation sites (tertiary alicyclic amines) is 3. The van der Waals surface area contributed by atoms with Crippen LogP contribution in [-0.2, 0) is 28.6 Å². The number of amides is 3. The smallest absolute Gasteiger partial charge is 0.229 e. The quantitative estimate of drug-likeness (QED) is 0.388. The van der Waals surface area contributed by atoms with E-state index in [9.17, 15) is 29.7 Å². The fourth-order valence-corrected chi connectivity index (χ4v) is 15.2. The maximum absolute atomic E-state index is 13.0. The zero-order valence-corrected chi connectivity index (χ0v) is 31.5. The number of nitrogens with zero attached hydrogens (tertiary/aromatic N) is 3. The largest absolute Gasteiger partial charge is 0.388 e. The van der Waals surface area contributed by atoms with Gasteiger partial charge in [0.15, 0.2) is 0 Å². The van der Waals surface area contributed by atoms with Gasteiger partial charge in [-0.05, 0) is 109 Å². The van der Waals surface area contributed by atoms with Gasteiger partial charge in [-0.15, -0.1) is 0 Å². The van der Waals surface area contributed by atoms with Crippen molar-refractivity contribution in [2.45, 2.75) is 201 Å². The van der Waals surface area contributed by atoms with Gasteiger partial charge in [0.1, 0.15) is 18.3 Å². The van der Waals surface area contributed by atoms with Crippen molar-refractivity contribution in [1.82, 2.24) is 14.7 Å². The molecule has 0 aromatic heterocycles. The normalized spacial score (nSPS) is 54.5. The number of fused-ring (bicyclic) bond motifs is 3. The van der Waals surface area contributed by atoms with E-state index in [0.717, 1.165) is 43.4 Å². The van der Waals surface area contributed by atoms with Crippen molar-refractivity contribution in [1.29, 1.82) is 0 Å². The Morgan fingerprint density at radius 1 is 0.585 bits per heavy atom. The lowest BCUT2D eigenvalue weighted by atomic mass is 9.52. The number of aliphatic hydroxyl groups is 3. The van der Waals surface area contributed by atoms with E-state index in [-0.39, 0.29) is 95.4 Å². The summed E-state index contributed by atoms with van der Waals surface area (Å²) in [6, 6.07) is 0.192. The molecule has 3 N–H and O–H groups in total. The molecule has 9 aliphatic heterocycles. The van der Waals surface area contributed by atoms with Crippen molar-refractivity contribution >= 4 is 17.7 Å². The summed E-state index contributed by atoms with van der Waals surface area (Å²) in [6.45, 7) is 6.03. The van der Waals surface area contributed by atoms with Crippen molar-refractivity contribution in [3.8, 4) is 0 Å². The molecule has 0 spiro atoms. The Morgan fingerprint density at radius 2 is 1.04 bits per heavy atom. The molecule has 9 heterocycles. The van der Waals surface area contributed by atoms with Gasteiger partial charge in [0.05, 0.1) is 72.5 Å². The highest BCUT2D eigenvalue weighted by Gasteiger charge is 2.70. The standard InChI is InChI=1S/C17H23NO3.C13H19NO3.C11H17NO3/c19-14-12-4-11-15(21-12)13(14)18(16(11)20)17-5-8-1-9(6-17)3-10(2-8)7-17;15-11-9-6-8-12(17-9)10(11)14(13(8)16)7-4-2-1-3-5-7;1-11(2,3)12-7-8(13)6-4-5(10(12)14)9(7)15-6/h8-15,19H,1-7H2;7-12,15H,1-6H2;5-9,13H,4H2,1-3H3. The third-order valence-electron chi connectivity index (χ3n) is 16.7. The Bertz CT molecular complexity index is 1530. The molecule has 15 unspecified atom stereocenters. The van der Waals surface area contributed by atoms with Crippen molar-refractivity contribution in [2.24, 2.45) is 35.5 Å². The summed E-state index contributed by atoms with van der Waals surface area (Å²) < 4.78 is 17.3. The van der Waals surface area contributed by atoms with Gasteiger partial charge in [0, 0.05) is 17.1 Å². The minimum Gasteiger partial charge on any atom is -0.388 e. The average molecular weight is 738 g/mol. The molecule has 12 nitrogen and oxygen atoms in total. The van der Waals surface area contributed by atoms with E-state index in [1.807, 2.05) is 30.6 Å². The molecule has 12 heteroatoms. The highest BCUT2D eigenvalue weighted by Crippen LogP contribution is 2.62. The molecule has 14 fully saturated rings. The summed E-state index contributed by atoms with van der Waals surface area (Å²) in [5, 5.41) is 30.8. The first-order valence-electron chi connectivity index (χ1n) is 21.3. The molecule has 3 amide bonds. The molecule has 9 saturated heterocycles. The summed E-state index contributed by atoms with van der Waals surface area (Å²) in [7, 11) is 0.